The van der Waals surface area contributed by atoms with Crippen molar-refractivity contribution in [1.29, 1.82) is 0 Å². The maximum absolute atomic E-state index is 14.5. The molecule has 10 heteroatoms. The molecule has 0 amide bonds. The van der Waals surface area contributed by atoms with Crippen molar-refractivity contribution < 1.29 is 13.9 Å². The predicted molar refractivity (Wildman–Crippen MR) is 121 cm³/mol. The second kappa shape index (κ2) is 8.99. The van der Waals surface area contributed by atoms with Gasteiger partial charge in [-0.1, -0.05) is 11.6 Å². The number of rotatable bonds is 5. The fourth-order valence-electron chi connectivity index (χ4n) is 3.83. The number of carbonyl (C=O) groups excluding carboxylic acids is 1. The van der Waals surface area contributed by atoms with Crippen LogP contribution in [0.2, 0.25) is 5.02 Å². The Labute approximate surface area is 190 Å². The molecule has 8 nitrogen and oxygen atoms in total. The van der Waals surface area contributed by atoms with E-state index in [1.165, 1.54) is 0 Å². The number of aromatic nitrogens is 4. The van der Waals surface area contributed by atoms with Crippen molar-refractivity contribution in [2.75, 3.05) is 25.0 Å². The molecule has 3 aromatic heterocycles. The van der Waals surface area contributed by atoms with Gasteiger partial charge in [-0.05, 0) is 46.2 Å². The lowest BCUT2D eigenvalue weighted by Crippen LogP contribution is -2.45. The number of carbonyl (C=O) groups is 1. The zero-order valence-electron chi connectivity index (χ0n) is 18.3. The number of hydrogen-bond donors (Lipinski definition) is 2. The second-order valence-electron chi connectivity index (χ2n) is 8.95. The molecular weight excluding hydrogens is 435 g/mol. The van der Waals surface area contributed by atoms with Crippen LogP contribution in [0.4, 0.5) is 10.2 Å². The van der Waals surface area contributed by atoms with Gasteiger partial charge in [0.05, 0.1) is 17.8 Å². The first kappa shape index (κ1) is 22.4. The molecule has 170 valence electrons. The van der Waals surface area contributed by atoms with E-state index >= 15 is 0 Å². The number of fused-ring (bicyclic) bond motifs is 1. The van der Waals surface area contributed by atoms with E-state index in [0.717, 1.165) is 31.0 Å². The van der Waals surface area contributed by atoms with Gasteiger partial charge in [0.25, 0.3) is 0 Å². The Balaban J connectivity index is 1.48. The highest BCUT2D eigenvalue weighted by Crippen LogP contribution is 2.28. The summed E-state index contributed by atoms with van der Waals surface area (Å²) in [5.74, 6) is -0.302. The first-order chi connectivity index (χ1) is 15.2. The van der Waals surface area contributed by atoms with Crippen LogP contribution in [0.1, 0.15) is 33.6 Å². The van der Waals surface area contributed by atoms with Gasteiger partial charge < -0.3 is 15.0 Å². The van der Waals surface area contributed by atoms with Crippen LogP contribution < -0.4 is 5.32 Å². The summed E-state index contributed by atoms with van der Waals surface area (Å²) < 4.78 is 19.9. The van der Waals surface area contributed by atoms with E-state index in [2.05, 4.69) is 25.3 Å². The van der Waals surface area contributed by atoms with Gasteiger partial charge in [-0.2, -0.15) is 0 Å². The van der Waals surface area contributed by atoms with E-state index < -0.39 is 11.4 Å². The highest BCUT2D eigenvalue weighted by Gasteiger charge is 2.25. The Morgan fingerprint density at radius 2 is 2.19 bits per heavy atom. The van der Waals surface area contributed by atoms with Crippen LogP contribution in [0.15, 0.2) is 24.7 Å². The van der Waals surface area contributed by atoms with Crippen molar-refractivity contribution in [2.24, 2.45) is 0 Å². The maximum atomic E-state index is 14.5. The van der Waals surface area contributed by atoms with Gasteiger partial charge in [0, 0.05) is 35.9 Å². The van der Waals surface area contributed by atoms with E-state index in [1.807, 2.05) is 25.7 Å². The number of H-pyrrole nitrogens is 1. The first-order valence-electron chi connectivity index (χ1n) is 10.5. The van der Waals surface area contributed by atoms with E-state index in [4.69, 9.17) is 16.3 Å². The summed E-state index contributed by atoms with van der Waals surface area (Å²) in [7, 11) is 0. The number of anilines is 1. The monoisotopic (exact) mass is 460 g/mol. The molecule has 1 aliphatic heterocycles. The molecule has 1 unspecified atom stereocenters. The minimum Gasteiger partial charge on any atom is -0.459 e. The Bertz CT molecular complexity index is 1130. The summed E-state index contributed by atoms with van der Waals surface area (Å²) in [6.45, 7) is 7.12. The predicted octanol–water partition coefficient (Wildman–Crippen LogP) is 4.03. The van der Waals surface area contributed by atoms with Crippen LogP contribution in [0.25, 0.3) is 22.4 Å². The summed E-state index contributed by atoms with van der Waals surface area (Å²) in [5.41, 5.74) is 0.817. The van der Waals surface area contributed by atoms with Crippen LogP contribution in [0.3, 0.4) is 0 Å². The molecular formula is C22H26ClFN6O2. The zero-order chi connectivity index (χ0) is 22.9. The van der Waals surface area contributed by atoms with Crippen LogP contribution in [-0.4, -0.2) is 62.1 Å². The fourth-order valence-corrected chi connectivity index (χ4v) is 3.99. The van der Waals surface area contributed by atoms with Crippen molar-refractivity contribution in [3.05, 3.63) is 35.5 Å². The molecule has 1 aliphatic rings. The Morgan fingerprint density at radius 3 is 2.97 bits per heavy atom. The van der Waals surface area contributed by atoms with Crippen LogP contribution >= 0.6 is 11.6 Å². The molecule has 0 bridgehead atoms. The number of halogens is 2. The van der Waals surface area contributed by atoms with E-state index in [9.17, 15) is 9.18 Å². The topological polar surface area (TPSA) is 96.0 Å². The number of likely N-dealkylation sites (tertiary alicyclic amines) is 1. The molecule has 0 saturated carbocycles. The molecule has 3 aromatic rings. The average Bonchev–Trinajstić information content (AvgIpc) is 3.11. The SMILES string of the molecule is CC(C)(C)OC(=O)CN1CCCC(Nc2nc(-c3c[nH]c4ncc(Cl)cc34)ncc2F)C1. The summed E-state index contributed by atoms with van der Waals surface area (Å²) in [6, 6.07) is 1.72. The lowest BCUT2D eigenvalue weighted by Gasteiger charge is -2.33. The van der Waals surface area contributed by atoms with E-state index in [-0.39, 0.29) is 24.4 Å². The highest BCUT2D eigenvalue weighted by molar-refractivity contribution is 6.31. The number of pyridine rings is 1. The fraction of sp³-hybridized carbons (Fsp3) is 0.455. The Morgan fingerprint density at radius 1 is 1.38 bits per heavy atom. The first-order valence-corrected chi connectivity index (χ1v) is 10.9. The third-order valence-electron chi connectivity index (χ3n) is 5.10. The lowest BCUT2D eigenvalue weighted by molar-refractivity contribution is -0.156. The summed E-state index contributed by atoms with van der Waals surface area (Å²) in [4.78, 5) is 30.1. The summed E-state index contributed by atoms with van der Waals surface area (Å²) >= 11 is 6.08. The van der Waals surface area contributed by atoms with Crippen LogP contribution in [0.5, 0.6) is 0 Å². The minimum atomic E-state index is -0.533. The number of aromatic amines is 1. The summed E-state index contributed by atoms with van der Waals surface area (Å²) in [5, 5.41) is 4.44. The van der Waals surface area contributed by atoms with Crippen LogP contribution in [-0.2, 0) is 9.53 Å². The van der Waals surface area contributed by atoms with Crippen molar-refractivity contribution in [3.8, 4) is 11.4 Å². The second-order valence-corrected chi connectivity index (χ2v) is 9.38. The molecule has 0 radical (unpaired) electrons. The van der Waals surface area contributed by atoms with Gasteiger partial charge in [0.15, 0.2) is 17.5 Å². The third-order valence-corrected chi connectivity index (χ3v) is 5.31. The molecule has 32 heavy (non-hydrogen) atoms. The number of nitrogens with one attached hydrogen (secondary N) is 2. The van der Waals surface area contributed by atoms with Crippen molar-refractivity contribution in [2.45, 2.75) is 45.3 Å². The quantitative estimate of drug-likeness (QED) is 0.555. The largest absolute Gasteiger partial charge is 0.459 e. The van der Waals surface area contributed by atoms with Crippen molar-refractivity contribution in [3.63, 3.8) is 0 Å². The third kappa shape index (κ3) is 5.34. The smallest absolute Gasteiger partial charge is 0.320 e. The molecule has 1 atom stereocenters. The van der Waals surface area contributed by atoms with Crippen molar-refractivity contribution >= 4 is 34.4 Å². The molecule has 0 aromatic carbocycles. The molecule has 0 aliphatic carbocycles. The number of nitrogens with zero attached hydrogens (tertiary/aromatic N) is 4. The van der Waals surface area contributed by atoms with Gasteiger partial charge in [-0.15, -0.1) is 0 Å². The van der Waals surface area contributed by atoms with Crippen LogP contribution in [0, 0.1) is 5.82 Å². The number of hydrogen-bond acceptors (Lipinski definition) is 7. The Hall–Kier alpha value is -2.78. The molecule has 4 heterocycles. The van der Waals surface area contributed by atoms with Gasteiger partial charge >= 0.3 is 5.97 Å². The summed E-state index contributed by atoms with van der Waals surface area (Å²) in [6.07, 6.45) is 6.16. The highest BCUT2D eigenvalue weighted by atomic mass is 35.5. The standard InChI is InChI=1S/C22H26ClFN6O2/c1-22(2,3)32-18(31)12-30-6-4-5-14(11-30)28-21-17(24)10-27-20(29-21)16-9-26-19-15(16)7-13(23)8-25-19/h7-10,14H,4-6,11-12H2,1-3H3,(H,25,26)(H,27,28,29). The maximum Gasteiger partial charge on any atom is 0.320 e. The molecule has 2 N–H and O–H groups in total. The molecule has 1 fully saturated rings. The minimum absolute atomic E-state index is 0.0532. The van der Waals surface area contributed by atoms with Gasteiger partial charge in [-0.3, -0.25) is 9.69 Å². The average molecular weight is 461 g/mol. The Kier molecular flexibility index (Phi) is 6.30. The number of ether oxygens (including phenoxy) is 1. The molecule has 4 rings (SSSR count). The zero-order valence-corrected chi connectivity index (χ0v) is 19.0. The van der Waals surface area contributed by atoms with E-state index in [0.29, 0.717) is 28.6 Å². The van der Waals surface area contributed by atoms with Gasteiger partial charge in [-0.25, -0.2) is 19.3 Å². The lowest BCUT2D eigenvalue weighted by atomic mass is 10.1. The molecule has 0 spiro atoms. The molecule has 1 saturated heterocycles. The van der Waals surface area contributed by atoms with Crippen molar-refractivity contribution in [1.82, 2.24) is 24.8 Å². The van der Waals surface area contributed by atoms with Gasteiger partial charge in [0.1, 0.15) is 11.2 Å². The number of piperidine rings is 1. The van der Waals surface area contributed by atoms with E-state index in [1.54, 1.807) is 18.5 Å². The normalized spacial score (nSPS) is 17.5. The number of esters is 1. The van der Waals surface area contributed by atoms with Gasteiger partial charge in [0.2, 0.25) is 0 Å².